The molecule has 2 aromatic carbocycles. The first kappa shape index (κ1) is 20.1. The normalized spacial score (nSPS) is 13.6. The summed E-state index contributed by atoms with van der Waals surface area (Å²) in [6, 6.07) is 20.5. The molecule has 164 valence electrons. The molecule has 0 aliphatic heterocycles. The first-order valence-corrected chi connectivity index (χ1v) is 12.1. The maximum atomic E-state index is 5.39. The molecule has 5 aromatic rings. The van der Waals surface area contributed by atoms with Crippen LogP contribution in [0.3, 0.4) is 0 Å². The number of thioether (sulfide) groups is 1. The Labute approximate surface area is 195 Å². The minimum Gasteiger partial charge on any atom is -0.339 e. The van der Waals surface area contributed by atoms with E-state index in [4.69, 9.17) is 9.51 Å². The van der Waals surface area contributed by atoms with Gasteiger partial charge in [-0.15, -0.1) is 10.2 Å². The minimum absolute atomic E-state index is 0.459. The Morgan fingerprint density at radius 2 is 1.82 bits per heavy atom. The molecule has 1 aliphatic rings. The molecule has 0 amide bonds. The number of rotatable bonds is 7. The lowest BCUT2D eigenvalue weighted by molar-refractivity contribution is 0.375. The Morgan fingerprint density at radius 3 is 2.64 bits per heavy atom. The Kier molecular flexibility index (Phi) is 5.14. The largest absolute Gasteiger partial charge is 0.339 e. The summed E-state index contributed by atoms with van der Waals surface area (Å²) in [7, 11) is 0. The number of pyridine rings is 1. The summed E-state index contributed by atoms with van der Waals surface area (Å²) < 4.78 is 7.53. The molecule has 0 unspecified atom stereocenters. The quantitative estimate of drug-likeness (QED) is 0.290. The number of para-hydroxylation sites is 1. The fourth-order valence-electron chi connectivity index (χ4n) is 3.95. The lowest BCUT2D eigenvalue weighted by Crippen LogP contribution is -2.01. The summed E-state index contributed by atoms with van der Waals surface area (Å²) in [5, 5.41) is 15.1. The van der Waals surface area contributed by atoms with Crippen molar-refractivity contribution >= 4 is 22.7 Å². The number of nitrogens with zero attached hydrogens (tertiary/aromatic N) is 6. The van der Waals surface area contributed by atoms with Crippen molar-refractivity contribution in [3.05, 3.63) is 72.4 Å². The van der Waals surface area contributed by atoms with E-state index >= 15 is 0 Å². The van der Waals surface area contributed by atoms with Gasteiger partial charge in [-0.2, -0.15) is 4.98 Å². The zero-order chi connectivity index (χ0) is 22.2. The van der Waals surface area contributed by atoms with Crippen LogP contribution in [-0.2, 0) is 12.3 Å². The van der Waals surface area contributed by atoms with Gasteiger partial charge in [-0.05, 0) is 31.9 Å². The third-order valence-electron chi connectivity index (χ3n) is 5.80. The Balaban J connectivity index is 1.37. The second-order valence-corrected chi connectivity index (χ2v) is 9.04. The molecular formula is C25H22N6OS. The van der Waals surface area contributed by atoms with Crippen molar-refractivity contribution in [1.29, 1.82) is 0 Å². The molecule has 1 aliphatic carbocycles. The summed E-state index contributed by atoms with van der Waals surface area (Å²) in [5.41, 5.74) is 3.96. The standard InChI is InChI=1S/C25H22N6OS/c1-2-31-23(28-29-25(31)33-15-22-27-24(32-30-22)17-12-13-17)19-14-21(16-8-4-3-5-9-16)26-20-11-7-6-10-18(19)20/h3-11,14,17H,2,12-13,15H2,1H3. The van der Waals surface area contributed by atoms with Gasteiger partial charge in [-0.3, -0.25) is 0 Å². The zero-order valence-electron chi connectivity index (χ0n) is 18.2. The van der Waals surface area contributed by atoms with E-state index < -0.39 is 0 Å². The van der Waals surface area contributed by atoms with Gasteiger partial charge in [-0.25, -0.2) is 4.98 Å². The second-order valence-electron chi connectivity index (χ2n) is 8.10. The average Bonchev–Trinajstić information content (AvgIpc) is 3.47. The van der Waals surface area contributed by atoms with Crippen LogP contribution < -0.4 is 0 Å². The van der Waals surface area contributed by atoms with E-state index in [0.717, 1.165) is 64.0 Å². The highest BCUT2D eigenvalue weighted by atomic mass is 32.2. The monoisotopic (exact) mass is 454 g/mol. The molecule has 0 saturated heterocycles. The number of benzene rings is 2. The van der Waals surface area contributed by atoms with Crippen molar-refractivity contribution in [3.8, 4) is 22.6 Å². The van der Waals surface area contributed by atoms with Gasteiger partial charge in [-0.1, -0.05) is 65.4 Å². The molecule has 33 heavy (non-hydrogen) atoms. The molecule has 6 rings (SSSR count). The van der Waals surface area contributed by atoms with Crippen LogP contribution in [0.1, 0.15) is 37.4 Å². The molecule has 1 fully saturated rings. The fourth-order valence-corrected chi connectivity index (χ4v) is 4.79. The highest BCUT2D eigenvalue weighted by molar-refractivity contribution is 7.98. The lowest BCUT2D eigenvalue weighted by atomic mass is 10.0. The van der Waals surface area contributed by atoms with Crippen LogP contribution in [0.2, 0.25) is 0 Å². The van der Waals surface area contributed by atoms with E-state index in [2.05, 4.69) is 56.1 Å². The van der Waals surface area contributed by atoms with Crippen LogP contribution >= 0.6 is 11.8 Å². The zero-order valence-corrected chi connectivity index (χ0v) is 19.0. The first-order chi connectivity index (χ1) is 16.3. The number of aromatic nitrogens is 6. The summed E-state index contributed by atoms with van der Waals surface area (Å²) in [5.74, 6) is 3.36. The van der Waals surface area contributed by atoms with Gasteiger partial charge in [0.2, 0.25) is 5.89 Å². The van der Waals surface area contributed by atoms with E-state index in [9.17, 15) is 0 Å². The molecule has 0 N–H and O–H groups in total. The highest BCUT2D eigenvalue weighted by Gasteiger charge is 2.29. The predicted octanol–water partition coefficient (Wildman–Crippen LogP) is 5.73. The van der Waals surface area contributed by atoms with Crippen molar-refractivity contribution in [2.24, 2.45) is 0 Å². The average molecular weight is 455 g/mol. The number of fused-ring (bicyclic) bond motifs is 1. The summed E-state index contributed by atoms with van der Waals surface area (Å²) in [4.78, 5) is 9.43. The van der Waals surface area contributed by atoms with Crippen LogP contribution in [0.25, 0.3) is 33.5 Å². The Hall–Kier alpha value is -3.52. The van der Waals surface area contributed by atoms with Crippen LogP contribution in [-0.4, -0.2) is 29.9 Å². The molecule has 3 aromatic heterocycles. The van der Waals surface area contributed by atoms with Crippen LogP contribution in [0.5, 0.6) is 0 Å². The third-order valence-corrected chi connectivity index (χ3v) is 6.76. The Bertz CT molecular complexity index is 1420. The number of hydrogen-bond acceptors (Lipinski definition) is 7. The van der Waals surface area contributed by atoms with Crippen molar-refractivity contribution in [3.63, 3.8) is 0 Å². The van der Waals surface area contributed by atoms with Gasteiger partial charge in [0.1, 0.15) is 0 Å². The van der Waals surface area contributed by atoms with Gasteiger partial charge in [0.25, 0.3) is 0 Å². The van der Waals surface area contributed by atoms with E-state index in [0.29, 0.717) is 17.5 Å². The summed E-state index contributed by atoms with van der Waals surface area (Å²) in [6.07, 6.45) is 2.29. The van der Waals surface area contributed by atoms with Gasteiger partial charge >= 0.3 is 0 Å². The maximum absolute atomic E-state index is 5.39. The molecule has 7 nitrogen and oxygen atoms in total. The smallest absolute Gasteiger partial charge is 0.229 e. The van der Waals surface area contributed by atoms with Gasteiger partial charge < -0.3 is 9.09 Å². The van der Waals surface area contributed by atoms with E-state index in [1.165, 1.54) is 0 Å². The third kappa shape index (κ3) is 3.91. The van der Waals surface area contributed by atoms with Gasteiger partial charge in [0.05, 0.1) is 17.0 Å². The predicted molar refractivity (Wildman–Crippen MR) is 128 cm³/mol. The van der Waals surface area contributed by atoms with Crippen LogP contribution in [0.4, 0.5) is 0 Å². The summed E-state index contributed by atoms with van der Waals surface area (Å²) in [6.45, 7) is 2.86. The van der Waals surface area contributed by atoms with Gasteiger partial charge in [0, 0.05) is 29.0 Å². The van der Waals surface area contributed by atoms with Crippen molar-refractivity contribution in [2.45, 2.75) is 43.1 Å². The molecule has 0 radical (unpaired) electrons. The van der Waals surface area contributed by atoms with E-state index in [-0.39, 0.29) is 0 Å². The highest BCUT2D eigenvalue weighted by Crippen LogP contribution is 2.39. The van der Waals surface area contributed by atoms with Crippen molar-refractivity contribution in [2.75, 3.05) is 0 Å². The molecule has 0 bridgehead atoms. The number of hydrogen-bond donors (Lipinski definition) is 0. The summed E-state index contributed by atoms with van der Waals surface area (Å²) >= 11 is 1.58. The topological polar surface area (TPSA) is 82.5 Å². The van der Waals surface area contributed by atoms with Gasteiger partial charge in [0.15, 0.2) is 16.8 Å². The SMILES string of the molecule is CCn1c(SCc2noc(C3CC3)n2)nnc1-c1cc(-c2ccccc2)nc2ccccc12. The van der Waals surface area contributed by atoms with E-state index in [1.54, 1.807) is 11.8 Å². The molecule has 8 heteroatoms. The van der Waals surface area contributed by atoms with Crippen LogP contribution in [0, 0.1) is 0 Å². The van der Waals surface area contributed by atoms with E-state index in [1.807, 2.05) is 36.4 Å². The van der Waals surface area contributed by atoms with Crippen LogP contribution in [0.15, 0.2) is 70.3 Å². The lowest BCUT2D eigenvalue weighted by Gasteiger charge is -2.11. The minimum atomic E-state index is 0.459. The Morgan fingerprint density at radius 1 is 1.00 bits per heavy atom. The fraction of sp³-hybridized carbons (Fsp3) is 0.240. The first-order valence-electron chi connectivity index (χ1n) is 11.1. The molecule has 0 atom stereocenters. The molecule has 1 saturated carbocycles. The molecular weight excluding hydrogens is 432 g/mol. The molecule has 0 spiro atoms. The van der Waals surface area contributed by atoms with Crippen molar-refractivity contribution in [1.82, 2.24) is 29.9 Å². The maximum Gasteiger partial charge on any atom is 0.229 e. The molecule has 3 heterocycles. The second kappa shape index (κ2) is 8.44. The van der Waals surface area contributed by atoms with Crippen molar-refractivity contribution < 1.29 is 4.52 Å².